The Labute approximate surface area is 224 Å². The number of ether oxygens (including phenoxy) is 2. The zero-order valence-electron chi connectivity index (χ0n) is 21.0. The molecule has 0 unspecified atom stereocenters. The van der Waals surface area contributed by atoms with Crippen molar-refractivity contribution in [1.82, 2.24) is 10.6 Å². The van der Waals surface area contributed by atoms with Gasteiger partial charge in [0.25, 0.3) is 11.8 Å². The third kappa shape index (κ3) is 9.03. The van der Waals surface area contributed by atoms with Crippen molar-refractivity contribution in [2.24, 2.45) is 0 Å². The standard InChI is InChI=1S/C25H31ClN4O6S/c1-25(2,3)36-24(34)27-12-4-5-18(29-23(33)19-10-11-20(26)37-19)22(32)28-16-6-8-17(9-7-16)30-13-14-35-15-21(30)31/h6-11,18H,4-5,12-15H2,1-3H3,(H,27,34)(H,28,32)(H,29,33)/t18-/m1/s1. The van der Waals surface area contributed by atoms with Crippen LogP contribution in [0.15, 0.2) is 36.4 Å². The number of carbonyl (C=O) groups excluding carboxylic acids is 4. The SMILES string of the molecule is CC(C)(C)OC(=O)NCCC[C@@H](NC(=O)c1ccc(Cl)s1)C(=O)Nc1ccc(N2CCOCC2=O)cc1. The lowest BCUT2D eigenvalue weighted by Crippen LogP contribution is -2.44. The number of thiophene rings is 1. The van der Waals surface area contributed by atoms with Gasteiger partial charge in [-0.05, 0) is 70.0 Å². The molecule has 2 heterocycles. The largest absolute Gasteiger partial charge is 0.444 e. The summed E-state index contributed by atoms with van der Waals surface area (Å²) in [6.45, 7) is 6.53. The molecular formula is C25H31ClN4O6S. The molecule has 0 aliphatic carbocycles. The molecule has 200 valence electrons. The summed E-state index contributed by atoms with van der Waals surface area (Å²) in [7, 11) is 0. The second-order valence-electron chi connectivity index (χ2n) is 9.33. The maximum atomic E-state index is 13.1. The lowest BCUT2D eigenvalue weighted by molar-refractivity contribution is -0.125. The maximum Gasteiger partial charge on any atom is 0.407 e. The number of hydrogen-bond acceptors (Lipinski definition) is 7. The van der Waals surface area contributed by atoms with Crippen LogP contribution in [-0.4, -0.2) is 61.8 Å². The van der Waals surface area contributed by atoms with Gasteiger partial charge in [0.2, 0.25) is 5.91 Å². The van der Waals surface area contributed by atoms with E-state index in [2.05, 4.69) is 16.0 Å². The number of halogens is 1. The van der Waals surface area contributed by atoms with Gasteiger partial charge in [0.1, 0.15) is 18.2 Å². The number of amides is 4. The molecule has 1 fully saturated rings. The molecule has 3 rings (SSSR count). The molecule has 1 saturated heterocycles. The quantitative estimate of drug-likeness (QED) is 0.408. The zero-order chi connectivity index (χ0) is 27.0. The van der Waals surface area contributed by atoms with Crippen LogP contribution in [0.2, 0.25) is 4.34 Å². The number of morpholine rings is 1. The molecule has 1 aromatic carbocycles. The number of carbonyl (C=O) groups is 4. The molecule has 1 aromatic heterocycles. The monoisotopic (exact) mass is 550 g/mol. The van der Waals surface area contributed by atoms with Crippen molar-refractivity contribution in [2.75, 3.05) is 36.5 Å². The predicted octanol–water partition coefficient (Wildman–Crippen LogP) is 3.81. The first-order valence-corrected chi connectivity index (χ1v) is 13.0. The van der Waals surface area contributed by atoms with E-state index in [0.717, 1.165) is 11.3 Å². The molecule has 10 nitrogen and oxygen atoms in total. The summed E-state index contributed by atoms with van der Waals surface area (Å²) in [6.07, 6.45) is 0.137. The van der Waals surface area contributed by atoms with Crippen LogP contribution in [0.4, 0.5) is 16.2 Å². The van der Waals surface area contributed by atoms with Crippen molar-refractivity contribution in [3.05, 3.63) is 45.6 Å². The van der Waals surface area contributed by atoms with Crippen LogP contribution in [-0.2, 0) is 19.1 Å². The highest BCUT2D eigenvalue weighted by Crippen LogP contribution is 2.22. The molecule has 0 bridgehead atoms. The molecule has 3 N–H and O–H groups in total. The number of hydrogen-bond donors (Lipinski definition) is 3. The average molecular weight is 551 g/mol. The second kappa shape index (κ2) is 12.9. The molecule has 1 atom stereocenters. The highest BCUT2D eigenvalue weighted by molar-refractivity contribution is 7.18. The normalized spacial score (nSPS) is 14.6. The van der Waals surface area contributed by atoms with Gasteiger partial charge in [0.15, 0.2) is 0 Å². The van der Waals surface area contributed by atoms with Gasteiger partial charge in [-0.15, -0.1) is 11.3 Å². The summed E-state index contributed by atoms with van der Waals surface area (Å²) in [5, 5.41) is 8.21. The molecule has 4 amide bonds. The van der Waals surface area contributed by atoms with Gasteiger partial charge in [0, 0.05) is 24.5 Å². The van der Waals surface area contributed by atoms with Gasteiger partial charge >= 0.3 is 6.09 Å². The summed E-state index contributed by atoms with van der Waals surface area (Å²) < 4.78 is 10.8. The predicted molar refractivity (Wildman–Crippen MR) is 142 cm³/mol. The summed E-state index contributed by atoms with van der Waals surface area (Å²) >= 11 is 7.06. The summed E-state index contributed by atoms with van der Waals surface area (Å²) in [5.41, 5.74) is 0.603. The first-order chi connectivity index (χ1) is 17.5. The number of anilines is 2. The van der Waals surface area contributed by atoms with Crippen LogP contribution in [0.1, 0.15) is 43.3 Å². The molecule has 2 aromatic rings. The third-order valence-electron chi connectivity index (χ3n) is 5.19. The van der Waals surface area contributed by atoms with Crippen LogP contribution in [0, 0.1) is 0 Å². The van der Waals surface area contributed by atoms with Crippen LogP contribution in [0.5, 0.6) is 0 Å². The number of alkyl carbamates (subject to hydrolysis) is 1. The maximum absolute atomic E-state index is 13.1. The van der Waals surface area contributed by atoms with Crippen LogP contribution in [0.3, 0.4) is 0 Å². The number of nitrogens with one attached hydrogen (secondary N) is 3. The Bertz CT molecular complexity index is 1120. The van der Waals surface area contributed by atoms with Crippen molar-refractivity contribution < 1.29 is 28.7 Å². The number of nitrogens with zero attached hydrogens (tertiary/aromatic N) is 1. The lowest BCUT2D eigenvalue weighted by atomic mass is 10.1. The van der Waals surface area contributed by atoms with Crippen LogP contribution >= 0.6 is 22.9 Å². The highest BCUT2D eigenvalue weighted by atomic mass is 35.5. The summed E-state index contributed by atoms with van der Waals surface area (Å²) in [6, 6.07) is 9.20. The Morgan fingerprint density at radius 2 is 1.89 bits per heavy atom. The fourth-order valence-corrected chi connectivity index (χ4v) is 4.44. The Morgan fingerprint density at radius 3 is 2.51 bits per heavy atom. The van der Waals surface area contributed by atoms with E-state index in [1.54, 1.807) is 62.1 Å². The highest BCUT2D eigenvalue weighted by Gasteiger charge is 2.24. The minimum atomic E-state index is -0.866. The topological polar surface area (TPSA) is 126 Å². The fourth-order valence-electron chi connectivity index (χ4n) is 3.49. The fraction of sp³-hybridized carbons (Fsp3) is 0.440. The minimum absolute atomic E-state index is 0.0398. The van der Waals surface area contributed by atoms with Crippen LogP contribution < -0.4 is 20.9 Å². The Morgan fingerprint density at radius 1 is 1.16 bits per heavy atom. The third-order valence-corrected chi connectivity index (χ3v) is 6.42. The van der Waals surface area contributed by atoms with Gasteiger partial charge in [-0.3, -0.25) is 14.4 Å². The van der Waals surface area contributed by atoms with E-state index in [1.165, 1.54) is 0 Å². The van der Waals surface area contributed by atoms with E-state index in [-0.39, 0.29) is 25.5 Å². The summed E-state index contributed by atoms with van der Waals surface area (Å²) in [4.78, 5) is 51.7. The Balaban J connectivity index is 1.61. The minimum Gasteiger partial charge on any atom is -0.444 e. The van der Waals surface area contributed by atoms with Gasteiger partial charge < -0.3 is 30.3 Å². The van der Waals surface area contributed by atoms with Crippen molar-refractivity contribution in [3.63, 3.8) is 0 Å². The van der Waals surface area contributed by atoms with Gasteiger partial charge in [-0.1, -0.05) is 11.6 Å². The lowest BCUT2D eigenvalue weighted by Gasteiger charge is -2.27. The average Bonchev–Trinajstić information content (AvgIpc) is 3.27. The molecule has 1 aliphatic rings. The first kappa shape index (κ1) is 28.4. The van der Waals surface area contributed by atoms with Crippen molar-refractivity contribution in [2.45, 2.75) is 45.3 Å². The molecular weight excluding hydrogens is 520 g/mol. The van der Waals surface area contributed by atoms with Gasteiger partial charge in [-0.2, -0.15) is 0 Å². The van der Waals surface area contributed by atoms with E-state index < -0.39 is 29.6 Å². The number of rotatable bonds is 9. The molecule has 0 radical (unpaired) electrons. The van der Waals surface area contributed by atoms with Gasteiger partial charge in [0.05, 0.1) is 15.8 Å². The Hall–Kier alpha value is -3.15. The van der Waals surface area contributed by atoms with E-state index in [0.29, 0.717) is 40.2 Å². The Kier molecular flexibility index (Phi) is 9.90. The molecule has 0 spiro atoms. The molecule has 1 aliphatic heterocycles. The smallest absolute Gasteiger partial charge is 0.407 e. The van der Waals surface area contributed by atoms with Crippen molar-refractivity contribution >= 4 is 58.1 Å². The van der Waals surface area contributed by atoms with Crippen molar-refractivity contribution in [1.29, 1.82) is 0 Å². The van der Waals surface area contributed by atoms with E-state index in [4.69, 9.17) is 21.1 Å². The molecule has 0 saturated carbocycles. The first-order valence-electron chi connectivity index (χ1n) is 11.8. The van der Waals surface area contributed by atoms with Crippen LogP contribution in [0.25, 0.3) is 0 Å². The molecule has 12 heteroatoms. The van der Waals surface area contributed by atoms with E-state index in [1.807, 2.05) is 0 Å². The van der Waals surface area contributed by atoms with E-state index >= 15 is 0 Å². The summed E-state index contributed by atoms with van der Waals surface area (Å²) in [5.74, 6) is -0.957. The van der Waals surface area contributed by atoms with E-state index in [9.17, 15) is 19.2 Å². The zero-order valence-corrected chi connectivity index (χ0v) is 22.5. The second-order valence-corrected chi connectivity index (χ2v) is 11.0. The molecule has 37 heavy (non-hydrogen) atoms. The van der Waals surface area contributed by atoms with Gasteiger partial charge in [-0.25, -0.2) is 4.79 Å². The number of benzene rings is 1. The van der Waals surface area contributed by atoms with Crippen molar-refractivity contribution in [3.8, 4) is 0 Å².